The Kier molecular flexibility index (Phi) is 5.62. The lowest BCUT2D eigenvalue weighted by Crippen LogP contribution is -2.32. The topological polar surface area (TPSA) is 79.3 Å². The Morgan fingerprint density at radius 2 is 1.74 bits per heavy atom. The second-order valence-corrected chi connectivity index (χ2v) is 7.96. The van der Waals surface area contributed by atoms with Gasteiger partial charge in [-0.25, -0.2) is 0 Å². The normalized spacial score (nSPS) is 34.7. The average Bonchev–Trinajstić information content (AvgIpc) is 3.30. The van der Waals surface area contributed by atoms with Gasteiger partial charge >= 0.3 is 5.97 Å². The van der Waals surface area contributed by atoms with Crippen LogP contribution in [-0.2, 0) is 14.3 Å². The molecule has 146 valence electrons. The zero-order chi connectivity index (χ0) is 18.8. The standard InChI is InChI=1S/C22H28O5/c23-17(14-8-4-3-5-9-14)13-12-16-15(10-6-1-2-7-11-18(24)25)19-21-22(27-21)20(16)26-19/h1,3-6,8-9,15-17,19-23H,2,7,10-13H2,(H,24,25)/t15-,16+,17?,19+,20-,21-,22+/m0/s1. The summed E-state index contributed by atoms with van der Waals surface area (Å²) in [6.07, 6.45) is 9.04. The second kappa shape index (κ2) is 8.13. The Morgan fingerprint density at radius 3 is 2.48 bits per heavy atom. The molecular weight excluding hydrogens is 344 g/mol. The highest BCUT2D eigenvalue weighted by Gasteiger charge is 2.68. The largest absolute Gasteiger partial charge is 0.481 e. The van der Waals surface area contributed by atoms with Gasteiger partial charge < -0.3 is 19.7 Å². The average molecular weight is 372 g/mol. The molecule has 0 amide bonds. The smallest absolute Gasteiger partial charge is 0.303 e. The van der Waals surface area contributed by atoms with Crippen LogP contribution >= 0.6 is 0 Å². The van der Waals surface area contributed by atoms with E-state index in [4.69, 9.17) is 14.6 Å². The molecule has 1 aromatic carbocycles. The number of carboxylic acids is 1. The molecule has 7 atom stereocenters. The number of benzene rings is 1. The van der Waals surface area contributed by atoms with Crippen molar-refractivity contribution < 1.29 is 24.5 Å². The molecule has 1 unspecified atom stereocenters. The molecule has 27 heavy (non-hydrogen) atoms. The van der Waals surface area contributed by atoms with Crippen molar-refractivity contribution in [3.63, 3.8) is 0 Å². The van der Waals surface area contributed by atoms with Gasteiger partial charge in [-0.1, -0.05) is 42.5 Å². The van der Waals surface area contributed by atoms with Gasteiger partial charge in [-0.2, -0.15) is 0 Å². The van der Waals surface area contributed by atoms with Gasteiger partial charge in [0.05, 0.1) is 18.3 Å². The highest BCUT2D eigenvalue weighted by Crippen LogP contribution is 2.56. The zero-order valence-corrected chi connectivity index (χ0v) is 15.4. The van der Waals surface area contributed by atoms with Gasteiger partial charge in [-0.05, 0) is 49.5 Å². The molecule has 0 spiro atoms. The van der Waals surface area contributed by atoms with E-state index in [1.807, 2.05) is 30.3 Å². The number of carboxylic acid groups (broad SMARTS) is 1. The van der Waals surface area contributed by atoms with Crippen molar-refractivity contribution in [3.05, 3.63) is 48.0 Å². The van der Waals surface area contributed by atoms with E-state index >= 15 is 0 Å². The fraction of sp³-hybridized carbons (Fsp3) is 0.591. The molecule has 0 aromatic heterocycles. The van der Waals surface area contributed by atoms with Crippen LogP contribution in [0.3, 0.4) is 0 Å². The van der Waals surface area contributed by atoms with Gasteiger partial charge in [-0.15, -0.1) is 0 Å². The summed E-state index contributed by atoms with van der Waals surface area (Å²) in [5, 5.41) is 19.2. The first kappa shape index (κ1) is 18.7. The fourth-order valence-electron chi connectivity index (χ4n) is 4.80. The van der Waals surface area contributed by atoms with Crippen LogP contribution in [0.1, 0.15) is 50.2 Å². The van der Waals surface area contributed by atoms with Crippen molar-refractivity contribution in [1.29, 1.82) is 0 Å². The third-order valence-corrected chi connectivity index (χ3v) is 6.21. The number of rotatable bonds is 10. The van der Waals surface area contributed by atoms with E-state index < -0.39 is 12.1 Å². The van der Waals surface area contributed by atoms with Crippen LogP contribution in [-0.4, -0.2) is 40.6 Å². The van der Waals surface area contributed by atoms with Crippen LogP contribution in [0.4, 0.5) is 0 Å². The van der Waals surface area contributed by atoms with E-state index in [0.29, 0.717) is 18.3 Å². The van der Waals surface area contributed by atoms with E-state index in [0.717, 1.165) is 31.2 Å². The number of fused-ring (bicyclic) bond motifs is 5. The molecule has 5 nitrogen and oxygen atoms in total. The monoisotopic (exact) mass is 372 g/mol. The zero-order valence-electron chi connectivity index (χ0n) is 15.4. The number of carbonyl (C=O) groups is 1. The maximum absolute atomic E-state index is 10.6. The Labute approximate surface area is 160 Å². The minimum atomic E-state index is -0.737. The molecular formula is C22H28O5. The first-order valence-electron chi connectivity index (χ1n) is 10.1. The van der Waals surface area contributed by atoms with E-state index in [2.05, 4.69) is 12.2 Å². The van der Waals surface area contributed by atoms with Crippen LogP contribution in [0, 0.1) is 11.8 Å². The van der Waals surface area contributed by atoms with E-state index in [1.165, 1.54) is 0 Å². The van der Waals surface area contributed by atoms with Gasteiger partial charge in [0.1, 0.15) is 12.2 Å². The minimum Gasteiger partial charge on any atom is -0.481 e. The molecule has 4 rings (SSSR count). The predicted octanol–water partition coefficient (Wildman–Crippen LogP) is 3.48. The van der Waals surface area contributed by atoms with E-state index in [1.54, 1.807) is 0 Å². The van der Waals surface area contributed by atoms with E-state index in [-0.39, 0.29) is 30.8 Å². The maximum atomic E-state index is 10.6. The number of aliphatic carboxylic acids is 1. The molecule has 3 fully saturated rings. The SMILES string of the molecule is O=C(O)CCCC=CC[C@H]1[C@@H](CCC(O)c2ccccc2)[C@@H]2O[C@H]1[C@@H]1O[C@@H]12. The fourth-order valence-corrected chi connectivity index (χ4v) is 4.80. The first-order valence-corrected chi connectivity index (χ1v) is 10.1. The van der Waals surface area contributed by atoms with Crippen molar-refractivity contribution in [1.82, 2.24) is 0 Å². The minimum absolute atomic E-state index is 0.174. The Bertz CT molecular complexity index is 673. The van der Waals surface area contributed by atoms with Crippen molar-refractivity contribution in [2.45, 2.75) is 69.0 Å². The molecule has 2 bridgehead atoms. The number of unbranched alkanes of at least 4 members (excludes halogenated alkanes) is 1. The van der Waals surface area contributed by atoms with Gasteiger partial charge in [0.25, 0.3) is 0 Å². The maximum Gasteiger partial charge on any atom is 0.303 e. The molecule has 2 N–H and O–H groups in total. The number of aliphatic hydroxyl groups is 1. The lowest BCUT2D eigenvalue weighted by Gasteiger charge is -2.26. The Hall–Kier alpha value is -1.69. The summed E-state index contributed by atoms with van der Waals surface area (Å²) in [5.41, 5.74) is 0.969. The lowest BCUT2D eigenvalue weighted by atomic mass is 9.75. The molecule has 1 aromatic rings. The van der Waals surface area contributed by atoms with Gasteiger partial charge in [-0.3, -0.25) is 4.79 Å². The third-order valence-electron chi connectivity index (χ3n) is 6.21. The molecule has 3 heterocycles. The summed E-state index contributed by atoms with van der Waals surface area (Å²) in [5.74, 6) is 0.108. The second-order valence-electron chi connectivity index (χ2n) is 7.96. The number of hydrogen-bond acceptors (Lipinski definition) is 4. The molecule has 0 saturated carbocycles. The summed E-state index contributed by atoms with van der Waals surface area (Å²) in [7, 11) is 0. The van der Waals surface area contributed by atoms with Gasteiger partial charge in [0.15, 0.2) is 0 Å². The van der Waals surface area contributed by atoms with Crippen molar-refractivity contribution in [2.24, 2.45) is 11.8 Å². The molecule has 3 saturated heterocycles. The first-order chi connectivity index (χ1) is 13.1. The van der Waals surface area contributed by atoms with Crippen molar-refractivity contribution in [3.8, 4) is 0 Å². The predicted molar refractivity (Wildman–Crippen MR) is 100 cm³/mol. The Balaban J connectivity index is 1.30. The molecule has 3 aliphatic heterocycles. The highest BCUT2D eigenvalue weighted by atomic mass is 16.7. The highest BCUT2D eigenvalue weighted by molar-refractivity contribution is 5.66. The quantitative estimate of drug-likeness (QED) is 0.373. The number of ether oxygens (including phenoxy) is 2. The molecule has 3 aliphatic rings. The summed E-state index contributed by atoms with van der Waals surface area (Å²) in [4.78, 5) is 10.6. The molecule has 0 radical (unpaired) electrons. The molecule has 5 heteroatoms. The van der Waals surface area contributed by atoms with Crippen LogP contribution in [0.15, 0.2) is 42.5 Å². The van der Waals surface area contributed by atoms with Crippen LogP contribution in [0.5, 0.6) is 0 Å². The summed E-state index contributed by atoms with van der Waals surface area (Å²) < 4.78 is 12.0. The molecule has 0 aliphatic carbocycles. The lowest BCUT2D eigenvalue weighted by molar-refractivity contribution is -0.137. The number of hydrogen-bond donors (Lipinski definition) is 2. The summed E-state index contributed by atoms with van der Waals surface area (Å²) >= 11 is 0. The summed E-state index contributed by atoms with van der Waals surface area (Å²) in [6, 6.07) is 9.82. The van der Waals surface area contributed by atoms with E-state index in [9.17, 15) is 9.90 Å². The van der Waals surface area contributed by atoms with Gasteiger partial charge in [0, 0.05) is 6.42 Å². The number of epoxide rings is 1. The van der Waals surface area contributed by atoms with Crippen LogP contribution < -0.4 is 0 Å². The van der Waals surface area contributed by atoms with Gasteiger partial charge in [0.2, 0.25) is 0 Å². The number of allylic oxidation sites excluding steroid dienone is 2. The summed E-state index contributed by atoms with van der Waals surface area (Å²) in [6.45, 7) is 0. The third kappa shape index (κ3) is 4.10. The van der Waals surface area contributed by atoms with Crippen LogP contribution in [0.25, 0.3) is 0 Å². The van der Waals surface area contributed by atoms with Crippen molar-refractivity contribution >= 4 is 5.97 Å². The van der Waals surface area contributed by atoms with Crippen molar-refractivity contribution in [2.75, 3.05) is 0 Å². The number of aliphatic hydroxyl groups excluding tert-OH is 1. The Morgan fingerprint density at radius 1 is 1.04 bits per heavy atom. The van der Waals surface area contributed by atoms with Crippen LogP contribution in [0.2, 0.25) is 0 Å².